The molecule has 0 unspecified atom stereocenters. The summed E-state index contributed by atoms with van der Waals surface area (Å²) in [6, 6.07) is 14.6. The summed E-state index contributed by atoms with van der Waals surface area (Å²) in [5.41, 5.74) is 3.63. The molecule has 124 valence electrons. The van der Waals surface area contributed by atoms with E-state index in [1.54, 1.807) is 24.4 Å². The quantitative estimate of drug-likeness (QED) is 0.430. The number of fused-ring (bicyclic) bond motifs is 1. The third kappa shape index (κ3) is 2.79. The number of hydrogen-bond acceptors (Lipinski definition) is 3. The molecule has 4 aromatic rings. The summed E-state index contributed by atoms with van der Waals surface area (Å²) in [4.78, 5) is 8.19. The highest BCUT2D eigenvalue weighted by atomic mass is 35.5. The lowest BCUT2D eigenvalue weighted by molar-refractivity contribution is 0.595. The highest BCUT2D eigenvalue weighted by molar-refractivity contribution is 6.28. The number of nitrogens with zero attached hydrogens (tertiary/aromatic N) is 2. The first-order valence-electron chi connectivity index (χ1n) is 7.96. The highest BCUT2D eigenvalue weighted by Gasteiger charge is 2.21. The molecule has 25 heavy (non-hydrogen) atoms. The number of aryl methyl sites for hydroxylation is 1. The highest BCUT2D eigenvalue weighted by Crippen LogP contribution is 2.41. The number of benzene rings is 2. The summed E-state index contributed by atoms with van der Waals surface area (Å²) in [5, 5.41) is 0.793. The van der Waals surface area contributed by atoms with Gasteiger partial charge in [-0.15, -0.1) is 0 Å². The number of hydrogen-bond donors (Lipinski definition) is 0. The Bertz CT molecular complexity index is 1060. The second-order valence-electron chi connectivity index (χ2n) is 5.69. The van der Waals surface area contributed by atoms with Crippen LogP contribution >= 0.6 is 11.6 Å². The minimum atomic E-state index is -0.355. The van der Waals surface area contributed by atoms with Gasteiger partial charge in [-0.25, -0.2) is 9.37 Å². The fourth-order valence-corrected chi connectivity index (χ4v) is 3.02. The third-order valence-corrected chi connectivity index (χ3v) is 4.37. The van der Waals surface area contributed by atoms with E-state index >= 15 is 0 Å². The molecule has 0 fully saturated rings. The Hall–Kier alpha value is -2.72. The number of aromatic nitrogens is 2. The molecule has 0 radical (unpaired) electrons. The maximum atomic E-state index is 14.4. The van der Waals surface area contributed by atoms with Gasteiger partial charge >= 0.3 is 0 Å². The summed E-state index contributed by atoms with van der Waals surface area (Å²) >= 11 is 5.89. The smallest absolute Gasteiger partial charge is 0.231 e. The summed E-state index contributed by atoms with van der Waals surface area (Å²) in [5.74, 6) is 0.0703. The van der Waals surface area contributed by atoms with Crippen LogP contribution in [0.1, 0.15) is 12.5 Å². The molecule has 0 bridgehead atoms. The molecule has 2 heterocycles. The Labute approximate surface area is 149 Å². The fourth-order valence-electron chi connectivity index (χ4n) is 2.89. The van der Waals surface area contributed by atoms with E-state index in [4.69, 9.17) is 16.0 Å². The van der Waals surface area contributed by atoms with Crippen molar-refractivity contribution in [2.24, 2.45) is 0 Å². The van der Waals surface area contributed by atoms with Gasteiger partial charge in [0, 0.05) is 11.8 Å². The predicted octanol–water partition coefficient (Wildman–Crippen LogP) is 5.91. The van der Waals surface area contributed by atoms with Crippen LogP contribution in [-0.2, 0) is 6.42 Å². The largest absolute Gasteiger partial charge is 0.437 e. The van der Waals surface area contributed by atoms with Gasteiger partial charge in [0.15, 0.2) is 0 Å². The minimum Gasteiger partial charge on any atom is -0.437 e. The molecule has 5 heteroatoms. The van der Waals surface area contributed by atoms with Crippen molar-refractivity contribution in [1.29, 1.82) is 0 Å². The molecule has 0 aliphatic rings. The Balaban J connectivity index is 2.03. The van der Waals surface area contributed by atoms with E-state index in [1.165, 1.54) is 11.6 Å². The molecule has 0 amide bonds. The van der Waals surface area contributed by atoms with E-state index in [0.717, 1.165) is 17.5 Å². The fraction of sp³-hybridized carbons (Fsp3) is 0.100. The van der Waals surface area contributed by atoms with E-state index in [9.17, 15) is 4.39 Å². The molecule has 0 aliphatic carbocycles. The second-order valence-corrected chi connectivity index (χ2v) is 6.03. The molecule has 0 saturated heterocycles. The van der Waals surface area contributed by atoms with Crippen molar-refractivity contribution in [2.45, 2.75) is 13.3 Å². The number of halogens is 2. The second kappa shape index (κ2) is 6.30. The zero-order valence-electron chi connectivity index (χ0n) is 13.5. The topological polar surface area (TPSA) is 38.9 Å². The lowest BCUT2D eigenvalue weighted by atomic mass is 9.98. The van der Waals surface area contributed by atoms with Gasteiger partial charge in [0.05, 0.1) is 10.9 Å². The maximum Gasteiger partial charge on any atom is 0.231 e. The van der Waals surface area contributed by atoms with Gasteiger partial charge in [0.2, 0.25) is 11.0 Å². The first-order chi connectivity index (χ1) is 12.2. The van der Waals surface area contributed by atoms with Gasteiger partial charge in [-0.2, -0.15) is 4.98 Å². The van der Waals surface area contributed by atoms with Gasteiger partial charge < -0.3 is 4.42 Å². The van der Waals surface area contributed by atoms with Crippen LogP contribution < -0.4 is 0 Å². The van der Waals surface area contributed by atoms with Crippen LogP contribution in [0.4, 0.5) is 4.39 Å². The molecule has 0 saturated carbocycles. The van der Waals surface area contributed by atoms with Crippen LogP contribution in [0, 0.1) is 5.82 Å². The minimum absolute atomic E-state index is 0.0919. The predicted molar refractivity (Wildman–Crippen MR) is 97.0 cm³/mol. The lowest BCUT2D eigenvalue weighted by Crippen LogP contribution is -1.87. The summed E-state index contributed by atoms with van der Waals surface area (Å²) in [6.07, 6.45) is 2.56. The summed E-state index contributed by atoms with van der Waals surface area (Å²) < 4.78 is 20.3. The summed E-state index contributed by atoms with van der Waals surface area (Å²) in [7, 11) is 0. The van der Waals surface area contributed by atoms with E-state index in [0.29, 0.717) is 22.4 Å². The van der Waals surface area contributed by atoms with Crippen molar-refractivity contribution in [3.05, 3.63) is 71.4 Å². The molecular formula is C20H14ClFN2O. The van der Waals surface area contributed by atoms with Crippen LogP contribution in [0.15, 0.2) is 59.1 Å². The number of furan rings is 1. The first kappa shape index (κ1) is 15.8. The monoisotopic (exact) mass is 352 g/mol. The van der Waals surface area contributed by atoms with E-state index in [-0.39, 0.29) is 11.1 Å². The molecule has 0 N–H and O–H groups in total. The van der Waals surface area contributed by atoms with Crippen LogP contribution in [-0.4, -0.2) is 9.97 Å². The number of rotatable bonds is 3. The zero-order valence-corrected chi connectivity index (χ0v) is 14.2. The molecule has 3 nitrogen and oxygen atoms in total. The van der Waals surface area contributed by atoms with Crippen LogP contribution in [0.3, 0.4) is 0 Å². The van der Waals surface area contributed by atoms with Gasteiger partial charge in [-0.05, 0) is 41.3 Å². The molecule has 2 aromatic heterocycles. The van der Waals surface area contributed by atoms with E-state index < -0.39 is 0 Å². The molecule has 0 atom stereocenters. The van der Waals surface area contributed by atoms with Gasteiger partial charge in [-0.3, -0.25) is 0 Å². The lowest BCUT2D eigenvalue weighted by Gasteiger charge is -2.06. The van der Waals surface area contributed by atoms with Crippen molar-refractivity contribution in [3.8, 4) is 22.5 Å². The molecule has 2 aromatic carbocycles. The molecular weight excluding hydrogens is 339 g/mol. The zero-order chi connectivity index (χ0) is 17.4. The standard InChI is InChI=1S/C20H14ClFN2O/c1-2-12-7-9-13(10-8-12)17-15-11-23-20(21)24-19(15)25-18(17)14-5-3-4-6-16(14)22/h3-11H,2H2,1H3. The van der Waals surface area contributed by atoms with Crippen molar-refractivity contribution < 1.29 is 8.81 Å². The maximum absolute atomic E-state index is 14.4. The Morgan fingerprint density at radius 3 is 2.56 bits per heavy atom. The van der Waals surface area contributed by atoms with Crippen molar-refractivity contribution in [1.82, 2.24) is 9.97 Å². The Morgan fingerprint density at radius 1 is 1.08 bits per heavy atom. The Morgan fingerprint density at radius 2 is 1.84 bits per heavy atom. The van der Waals surface area contributed by atoms with Crippen molar-refractivity contribution in [2.75, 3.05) is 0 Å². The third-order valence-electron chi connectivity index (χ3n) is 4.19. The average molecular weight is 353 g/mol. The average Bonchev–Trinajstić information content (AvgIpc) is 3.00. The van der Waals surface area contributed by atoms with Gasteiger partial charge in [0.1, 0.15) is 11.6 Å². The van der Waals surface area contributed by atoms with E-state index in [2.05, 4.69) is 29.0 Å². The van der Waals surface area contributed by atoms with Gasteiger partial charge in [-0.1, -0.05) is 43.3 Å². The molecule has 4 rings (SSSR count). The van der Waals surface area contributed by atoms with Crippen molar-refractivity contribution in [3.63, 3.8) is 0 Å². The van der Waals surface area contributed by atoms with Gasteiger partial charge in [0.25, 0.3) is 0 Å². The van der Waals surface area contributed by atoms with Crippen LogP contribution in [0.5, 0.6) is 0 Å². The normalized spacial score (nSPS) is 11.2. The van der Waals surface area contributed by atoms with Crippen LogP contribution in [0.2, 0.25) is 5.28 Å². The first-order valence-corrected chi connectivity index (χ1v) is 8.34. The van der Waals surface area contributed by atoms with Crippen molar-refractivity contribution >= 4 is 22.7 Å². The van der Waals surface area contributed by atoms with E-state index in [1.807, 2.05) is 12.1 Å². The molecule has 0 spiro atoms. The Kier molecular flexibility index (Phi) is 3.98. The van der Waals surface area contributed by atoms with Crippen LogP contribution in [0.25, 0.3) is 33.6 Å². The summed E-state index contributed by atoms with van der Waals surface area (Å²) in [6.45, 7) is 2.10. The molecule has 0 aliphatic heterocycles. The SMILES string of the molecule is CCc1ccc(-c2c(-c3ccccc3F)oc3nc(Cl)ncc23)cc1.